The van der Waals surface area contributed by atoms with E-state index >= 15 is 0 Å². The lowest BCUT2D eigenvalue weighted by molar-refractivity contribution is -0.129. The Kier molecular flexibility index (Phi) is 3.61. The predicted molar refractivity (Wildman–Crippen MR) is 87.0 cm³/mol. The van der Waals surface area contributed by atoms with Gasteiger partial charge in [0.1, 0.15) is 12.4 Å². The molecule has 0 radical (unpaired) electrons. The van der Waals surface area contributed by atoms with Gasteiger partial charge in [0.25, 0.3) is 5.91 Å². The average molecular weight is 309 g/mol. The zero-order valence-electron chi connectivity index (χ0n) is 12.9. The largest absolute Gasteiger partial charge is 0.488 e. The molecule has 23 heavy (non-hydrogen) atoms. The Bertz CT molecular complexity index is 736. The first-order valence-electron chi connectivity index (χ1n) is 8.02. The van der Waals surface area contributed by atoms with Crippen molar-refractivity contribution in [1.29, 1.82) is 0 Å². The van der Waals surface area contributed by atoms with Crippen LogP contribution >= 0.6 is 0 Å². The van der Waals surface area contributed by atoms with Gasteiger partial charge in [-0.25, -0.2) is 0 Å². The van der Waals surface area contributed by atoms with E-state index < -0.39 is 0 Å². The van der Waals surface area contributed by atoms with Crippen LogP contribution in [0.3, 0.4) is 0 Å². The Balaban J connectivity index is 1.52. The summed E-state index contributed by atoms with van der Waals surface area (Å²) in [5, 5.41) is 4.32. The van der Waals surface area contributed by atoms with Crippen LogP contribution in [0, 0.1) is 0 Å². The number of carbonyl (C=O) groups is 1. The Hall–Kier alpha value is -2.56. The molecule has 0 N–H and O–H groups in total. The molecule has 1 atom stereocenters. The lowest BCUT2D eigenvalue weighted by atomic mass is 10.0. The molecule has 5 heteroatoms. The van der Waals surface area contributed by atoms with Gasteiger partial charge in [-0.2, -0.15) is 5.10 Å². The molecular weight excluding hydrogens is 290 g/mol. The number of piperidine rings is 1. The summed E-state index contributed by atoms with van der Waals surface area (Å²) in [7, 11) is 0. The lowest BCUT2D eigenvalue weighted by Gasteiger charge is -2.34. The van der Waals surface area contributed by atoms with Crippen LogP contribution < -0.4 is 4.74 Å². The van der Waals surface area contributed by atoms with E-state index in [-0.39, 0.29) is 11.9 Å². The summed E-state index contributed by atoms with van der Waals surface area (Å²) in [5.41, 5.74) is 1.70. The smallest absolute Gasteiger partial charge is 0.253 e. The van der Waals surface area contributed by atoms with Crippen LogP contribution in [0.4, 0.5) is 0 Å². The molecule has 1 aromatic heterocycles. The molecule has 4 rings (SSSR count). The molecule has 3 heterocycles. The molecule has 1 amide bonds. The van der Waals surface area contributed by atoms with Crippen LogP contribution in [0.25, 0.3) is 6.08 Å². The highest BCUT2D eigenvalue weighted by molar-refractivity contribution is 5.99. The molecule has 2 aromatic rings. The van der Waals surface area contributed by atoms with E-state index in [9.17, 15) is 4.79 Å². The molecular formula is C18H19N3O2. The van der Waals surface area contributed by atoms with Crippen LogP contribution in [0.5, 0.6) is 5.75 Å². The molecule has 1 fully saturated rings. The SMILES string of the molecule is O=C(C1=Cc2ccccc2OC1)N1CCC[C@H](n2cccn2)C1. The van der Waals surface area contributed by atoms with Crippen molar-refractivity contribution in [1.82, 2.24) is 14.7 Å². The van der Waals surface area contributed by atoms with Crippen molar-refractivity contribution in [3.8, 4) is 5.75 Å². The van der Waals surface area contributed by atoms with Crippen LogP contribution in [-0.2, 0) is 4.79 Å². The summed E-state index contributed by atoms with van der Waals surface area (Å²) >= 11 is 0. The number of fused-ring (bicyclic) bond motifs is 1. The standard InChI is InChI=1S/C18H19N3O2/c22-18(15-11-14-5-1-2-7-17(14)23-13-15)20-9-3-6-16(12-20)21-10-4-8-19-21/h1-2,4-5,7-8,10-11,16H,3,6,9,12-13H2/t16-/m0/s1. The van der Waals surface area contributed by atoms with Gasteiger partial charge in [-0.1, -0.05) is 18.2 Å². The third-order valence-corrected chi connectivity index (χ3v) is 4.49. The van der Waals surface area contributed by atoms with Gasteiger partial charge in [-0.3, -0.25) is 9.48 Å². The quantitative estimate of drug-likeness (QED) is 0.856. The number of rotatable bonds is 2. The number of nitrogens with zero attached hydrogens (tertiary/aromatic N) is 3. The first-order valence-corrected chi connectivity index (χ1v) is 8.02. The highest BCUT2D eigenvalue weighted by Crippen LogP contribution is 2.28. The lowest BCUT2D eigenvalue weighted by Crippen LogP contribution is -2.42. The fourth-order valence-corrected chi connectivity index (χ4v) is 3.29. The summed E-state index contributed by atoms with van der Waals surface area (Å²) in [6, 6.07) is 10.0. The normalized spacial score (nSPS) is 20.4. The summed E-state index contributed by atoms with van der Waals surface area (Å²) in [4.78, 5) is 14.8. The molecule has 0 aliphatic carbocycles. The third kappa shape index (κ3) is 2.74. The number of aromatic nitrogens is 2. The number of amides is 1. The number of likely N-dealkylation sites (tertiary alicyclic amines) is 1. The van der Waals surface area contributed by atoms with Gasteiger partial charge in [-0.15, -0.1) is 0 Å². The minimum Gasteiger partial charge on any atom is -0.488 e. The number of benzene rings is 1. The van der Waals surface area contributed by atoms with E-state index in [1.54, 1.807) is 6.20 Å². The summed E-state index contributed by atoms with van der Waals surface area (Å²) in [5.74, 6) is 0.925. The van der Waals surface area contributed by atoms with Crippen molar-refractivity contribution >= 4 is 12.0 Å². The van der Waals surface area contributed by atoms with Gasteiger partial charge < -0.3 is 9.64 Å². The Labute approximate surface area is 135 Å². The number of hydrogen-bond donors (Lipinski definition) is 0. The fraction of sp³-hybridized carbons (Fsp3) is 0.333. The van der Waals surface area contributed by atoms with Gasteiger partial charge in [0, 0.05) is 31.0 Å². The maximum absolute atomic E-state index is 12.8. The highest BCUT2D eigenvalue weighted by atomic mass is 16.5. The maximum Gasteiger partial charge on any atom is 0.253 e. The van der Waals surface area contributed by atoms with Gasteiger partial charge in [0.05, 0.1) is 11.6 Å². The van der Waals surface area contributed by atoms with Crippen molar-refractivity contribution in [3.05, 3.63) is 53.9 Å². The zero-order valence-corrected chi connectivity index (χ0v) is 12.9. The highest BCUT2D eigenvalue weighted by Gasteiger charge is 2.28. The van der Waals surface area contributed by atoms with Crippen LogP contribution in [0.1, 0.15) is 24.4 Å². The maximum atomic E-state index is 12.8. The predicted octanol–water partition coefficient (Wildman–Crippen LogP) is 2.52. The van der Waals surface area contributed by atoms with E-state index in [2.05, 4.69) is 5.10 Å². The summed E-state index contributed by atoms with van der Waals surface area (Å²) in [6.07, 6.45) is 7.77. The molecule has 0 unspecified atom stereocenters. The summed E-state index contributed by atoms with van der Waals surface area (Å²) < 4.78 is 7.67. The van der Waals surface area contributed by atoms with Gasteiger partial charge in [0.2, 0.25) is 0 Å². The van der Waals surface area contributed by atoms with E-state index in [4.69, 9.17) is 4.74 Å². The molecule has 2 aliphatic heterocycles. The Morgan fingerprint density at radius 2 is 2.17 bits per heavy atom. The topological polar surface area (TPSA) is 47.4 Å². The van der Waals surface area contributed by atoms with Gasteiger partial charge in [-0.05, 0) is 31.1 Å². The first kappa shape index (κ1) is 14.1. The molecule has 0 saturated carbocycles. The second-order valence-corrected chi connectivity index (χ2v) is 6.03. The molecule has 118 valence electrons. The van der Waals surface area contributed by atoms with Crippen molar-refractivity contribution in [2.24, 2.45) is 0 Å². The van der Waals surface area contributed by atoms with Crippen molar-refractivity contribution in [2.45, 2.75) is 18.9 Å². The van der Waals surface area contributed by atoms with Gasteiger partial charge in [0.15, 0.2) is 0 Å². The van der Waals surface area contributed by atoms with Crippen molar-refractivity contribution in [3.63, 3.8) is 0 Å². The van der Waals surface area contributed by atoms with Crippen LogP contribution in [0.15, 0.2) is 48.3 Å². The zero-order chi connectivity index (χ0) is 15.6. The molecule has 0 spiro atoms. The van der Waals surface area contributed by atoms with Crippen LogP contribution in [-0.4, -0.2) is 40.3 Å². The number of para-hydroxylation sites is 1. The minimum atomic E-state index is 0.0800. The van der Waals surface area contributed by atoms with Crippen LogP contribution in [0.2, 0.25) is 0 Å². The number of hydrogen-bond acceptors (Lipinski definition) is 3. The Morgan fingerprint density at radius 1 is 1.26 bits per heavy atom. The second kappa shape index (κ2) is 5.91. The first-order chi connectivity index (χ1) is 11.3. The van der Waals surface area contributed by atoms with Gasteiger partial charge >= 0.3 is 0 Å². The molecule has 0 bridgehead atoms. The fourth-order valence-electron chi connectivity index (χ4n) is 3.29. The third-order valence-electron chi connectivity index (χ3n) is 4.49. The Morgan fingerprint density at radius 3 is 3.04 bits per heavy atom. The second-order valence-electron chi connectivity index (χ2n) is 6.03. The average Bonchev–Trinajstić information content (AvgIpc) is 3.15. The minimum absolute atomic E-state index is 0.0800. The molecule has 5 nitrogen and oxygen atoms in total. The van der Waals surface area contributed by atoms with E-state index in [0.717, 1.165) is 36.3 Å². The molecule has 1 saturated heterocycles. The molecule has 1 aromatic carbocycles. The monoisotopic (exact) mass is 309 g/mol. The molecule has 2 aliphatic rings. The number of ether oxygens (including phenoxy) is 1. The van der Waals surface area contributed by atoms with E-state index in [1.165, 1.54) is 0 Å². The van der Waals surface area contributed by atoms with Crippen molar-refractivity contribution in [2.75, 3.05) is 19.7 Å². The van der Waals surface area contributed by atoms with Crippen molar-refractivity contribution < 1.29 is 9.53 Å². The number of carbonyl (C=O) groups excluding carboxylic acids is 1. The summed E-state index contributed by atoms with van der Waals surface area (Å²) in [6.45, 7) is 1.86. The van der Waals surface area contributed by atoms with E-state index in [0.29, 0.717) is 13.2 Å². The van der Waals surface area contributed by atoms with E-state index in [1.807, 2.05) is 52.2 Å².